The standard InChI is InChI=1S/C15H18N2OS/c1-15(2,12-19-14-10-16-8-9-17-14)18-11-13-6-4-3-5-7-13/h3-10H,11-12H2,1-2H3. The number of ether oxygens (including phenoxy) is 1. The number of thioether (sulfide) groups is 1. The quantitative estimate of drug-likeness (QED) is 0.754. The van der Waals surface area contributed by atoms with Crippen molar-refractivity contribution in [3.05, 3.63) is 54.5 Å². The van der Waals surface area contributed by atoms with E-state index in [1.807, 2.05) is 18.2 Å². The van der Waals surface area contributed by atoms with Gasteiger partial charge in [0.2, 0.25) is 0 Å². The van der Waals surface area contributed by atoms with Crippen LogP contribution in [0.2, 0.25) is 0 Å². The van der Waals surface area contributed by atoms with Crippen molar-refractivity contribution in [2.24, 2.45) is 0 Å². The molecule has 2 aromatic rings. The molecule has 0 amide bonds. The molecule has 0 radical (unpaired) electrons. The number of aromatic nitrogens is 2. The van der Waals surface area contributed by atoms with Crippen LogP contribution in [0.4, 0.5) is 0 Å². The molecule has 2 rings (SSSR count). The smallest absolute Gasteiger partial charge is 0.114 e. The molecule has 3 nitrogen and oxygen atoms in total. The predicted octanol–water partition coefficient (Wildman–Crippen LogP) is 3.56. The van der Waals surface area contributed by atoms with E-state index in [1.54, 1.807) is 30.4 Å². The van der Waals surface area contributed by atoms with Gasteiger partial charge in [0.25, 0.3) is 0 Å². The Morgan fingerprint density at radius 2 is 1.95 bits per heavy atom. The van der Waals surface area contributed by atoms with Gasteiger partial charge in [-0.3, -0.25) is 4.98 Å². The molecule has 1 heterocycles. The Balaban J connectivity index is 1.82. The topological polar surface area (TPSA) is 35.0 Å². The highest BCUT2D eigenvalue weighted by Gasteiger charge is 2.19. The highest BCUT2D eigenvalue weighted by Crippen LogP contribution is 2.23. The third-order valence-corrected chi connectivity index (χ3v) is 3.93. The summed E-state index contributed by atoms with van der Waals surface area (Å²) in [5.41, 5.74) is 0.998. The molecule has 0 aliphatic carbocycles. The lowest BCUT2D eigenvalue weighted by atomic mass is 10.2. The highest BCUT2D eigenvalue weighted by atomic mass is 32.2. The van der Waals surface area contributed by atoms with Gasteiger partial charge in [-0.2, -0.15) is 0 Å². The Morgan fingerprint density at radius 3 is 2.63 bits per heavy atom. The first-order valence-corrected chi connectivity index (χ1v) is 7.21. The van der Waals surface area contributed by atoms with E-state index in [2.05, 4.69) is 35.9 Å². The van der Waals surface area contributed by atoms with E-state index in [9.17, 15) is 0 Å². The van der Waals surface area contributed by atoms with Crippen molar-refractivity contribution in [2.75, 3.05) is 5.75 Å². The fraction of sp³-hybridized carbons (Fsp3) is 0.333. The van der Waals surface area contributed by atoms with E-state index in [0.29, 0.717) is 6.61 Å². The van der Waals surface area contributed by atoms with Crippen LogP contribution < -0.4 is 0 Å². The monoisotopic (exact) mass is 274 g/mol. The minimum atomic E-state index is -0.196. The Kier molecular flexibility index (Phi) is 4.93. The van der Waals surface area contributed by atoms with Gasteiger partial charge in [-0.05, 0) is 19.4 Å². The average molecular weight is 274 g/mol. The van der Waals surface area contributed by atoms with E-state index in [1.165, 1.54) is 5.56 Å². The molecule has 0 fully saturated rings. The van der Waals surface area contributed by atoms with Crippen molar-refractivity contribution in [3.63, 3.8) is 0 Å². The Morgan fingerprint density at radius 1 is 1.16 bits per heavy atom. The van der Waals surface area contributed by atoms with Crippen LogP contribution in [-0.4, -0.2) is 21.3 Å². The molecule has 0 N–H and O–H groups in total. The van der Waals surface area contributed by atoms with Gasteiger partial charge in [0.05, 0.1) is 18.4 Å². The van der Waals surface area contributed by atoms with Crippen LogP contribution in [0.15, 0.2) is 53.9 Å². The molecular formula is C15H18N2OS. The molecule has 0 aliphatic heterocycles. The Labute approximate surface area is 118 Å². The van der Waals surface area contributed by atoms with Crippen LogP contribution in [0, 0.1) is 0 Å². The molecule has 0 bridgehead atoms. The second-order valence-electron chi connectivity index (χ2n) is 4.87. The summed E-state index contributed by atoms with van der Waals surface area (Å²) in [4.78, 5) is 8.30. The predicted molar refractivity (Wildman–Crippen MR) is 78.1 cm³/mol. The maximum atomic E-state index is 5.97. The van der Waals surface area contributed by atoms with Gasteiger partial charge in [-0.25, -0.2) is 4.98 Å². The molecule has 0 spiro atoms. The molecule has 1 aromatic heterocycles. The summed E-state index contributed by atoms with van der Waals surface area (Å²) in [7, 11) is 0. The largest absolute Gasteiger partial charge is 0.370 e. The minimum Gasteiger partial charge on any atom is -0.370 e. The third-order valence-electron chi connectivity index (χ3n) is 2.58. The maximum Gasteiger partial charge on any atom is 0.114 e. The molecule has 0 atom stereocenters. The lowest BCUT2D eigenvalue weighted by molar-refractivity contribution is -0.0112. The van der Waals surface area contributed by atoms with Crippen LogP contribution >= 0.6 is 11.8 Å². The van der Waals surface area contributed by atoms with Gasteiger partial charge in [0.1, 0.15) is 5.03 Å². The summed E-state index contributed by atoms with van der Waals surface area (Å²) in [6.45, 7) is 4.83. The lowest BCUT2D eigenvalue weighted by Gasteiger charge is -2.24. The Hall–Kier alpha value is -1.39. The zero-order valence-electron chi connectivity index (χ0n) is 11.2. The Bertz CT molecular complexity index is 443. The summed E-state index contributed by atoms with van der Waals surface area (Å²) >= 11 is 1.66. The third kappa shape index (κ3) is 5.01. The van der Waals surface area contributed by atoms with Gasteiger partial charge < -0.3 is 4.74 Å². The van der Waals surface area contributed by atoms with Crippen LogP contribution in [-0.2, 0) is 11.3 Å². The molecule has 0 saturated heterocycles. The first kappa shape index (κ1) is 14.0. The fourth-order valence-electron chi connectivity index (χ4n) is 1.50. The fourth-order valence-corrected chi connectivity index (χ4v) is 2.35. The molecule has 0 saturated carbocycles. The van der Waals surface area contributed by atoms with Crippen molar-refractivity contribution in [3.8, 4) is 0 Å². The van der Waals surface area contributed by atoms with Crippen molar-refractivity contribution in [1.82, 2.24) is 9.97 Å². The van der Waals surface area contributed by atoms with Crippen LogP contribution in [0.1, 0.15) is 19.4 Å². The number of hydrogen-bond donors (Lipinski definition) is 0. The second kappa shape index (κ2) is 6.68. The highest BCUT2D eigenvalue weighted by molar-refractivity contribution is 7.99. The van der Waals surface area contributed by atoms with Crippen molar-refractivity contribution in [2.45, 2.75) is 31.1 Å². The maximum absolute atomic E-state index is 5.97. The molecular weight excluding hydrogens is 256 g/mol. The normalized spacial score (nSPS) is 11.5. The molecule has 4 heteroatoms. The number of rotatable bonds is 6. The van der Waals surface area contributed by atoms with Gasteiger partial charge in [-0.1, -0.05) is 30.3 Å². The van der Waals surface area contributed by atoms with E-state index in [4.69, 9.17) is 4.74 Å². The summed E-state index contributed by atoms with van der Waals surface area (Å²) in [6.07, 6.45) is 5.17. The van der Waals surface area contributed by atoms with Crippen LogP contribution in [0.3, 0.4) is 0 Å². The summed E-state index contributed by atoms with van der Waals surface area (Å²) < 4.78 is 5.97. The zero-order valence-corrected chi connectivity index (χ0v) is 12.1. The van der Waals surface area contributed by atoms with Gasteiger partial charge in [0, 0.05) is 18.1 Å². The first-order chi connectivity index (χ1) is 9.16. The summed E-state index contributed by atoms with van der Waals surface area (Å²) in [5.74, 6) is 0.846. The van der Waals surface area contributed by atoms with Gasteiger partial charge in [0.15, 0.2) is 0 Å². The van der Waals surface area contributed by atoms with Gasteiger partial charge >= 0.3 is 0 Å². The van der Waals surface area contributed by atoms with Crippen molar-refractivity contribution in [1.29, 1.82) is 0 Å². The second-order valence-corrected chi connectivity index (χ2v) is 5.86. The first-order valence-electron chi connectivity index (χ1n) is 6.22. The molecule has 19 heavy (non-hydrogen) atoms. The lowest BCUT2D eigenvalue weighted by Crippen LogP contribution is -2.27. The van der Waals surface area contributed by atoms with Crippen LogP contribution in [0.25, 0.3) is 0 Å². The minimum absolute atomic E-state index is 0.196. The molecule has 0 aliphatic rings. The van der Waals surface area contributed by atoms with Crippen molar-refractivity contribution >= 4 is 11.8 Å². The number of hydrogen-bond acceptors (Lipinski definition) is 4. The molecule has 0 unspecified atom stereocenters. The van der Waals surface area contributed by atoms with Crippen LogP contribution in [0.5, 0.6) is 0 Å². The van der Waals surface area contributed by atoms with E-state index in [-0.39, 0.29) is 5.60 Å². The summed E-state index contributed by atoms with van der Waals surface area (Å²) in [6, 6.07) is 10.2. The zero-order chi connectivity index (χ0) is 13.6. The van der Waals surface area contributed by atoms with E-state index < -0.39 is 0 Å². The van der Waals surface area contributed by atoms with Gasteiger partial charge in [-0.15, -0.1) is 11.8 Å². The van der Waals surface area contributed by atoms with E-state index >= 15 is 0 Å². The van der Waals surface area contributed by atoms with Crippen molar-refractivity contribution < 1.29 is 4.74 Å². The number of benzene rings is 1. The average Bonchev–Trinajstić information content (AvgIpc) is 2.46. The summed E-state index contributed by atoms with van der Waals surface area (Å²) in [5, 5.41) is 0.930. The molecule has 1 aromatic carbocycles. The SMILES string of the molecule is CC(C)(CSc1cnccn1)OCc1ccccc1. The molecule has 100 valence electrons. The van der Waals surface area contributed by atoms with E-state index in [0.717, 1.165) is 10.8 Å². The number of nitrogens with zero attached hydrogens (tertiary/aromatic N) is 2.